The first-order valence-electron chi connectivity index (χ1n) is 13.3. The van der Waals surface area contributed by atoms with Crippen LogP contribution in [-0.2, 0) is 14.4 Å². The maximum Gasteiger partial charge on any atom is 0.243 e. The van der Waals surface area contributed by atoms with Crippen molar-refractivity contribution in [3.63, 3.8) is 0 Å². The number of amides is 3. The van der Waals surface area contributed by atoms with Crippen LogP contribution >= 0.6 is 0 Å². The molecule has 6 nitrogen and oxygen atoms in total. The monoisotopic (exact) mass is 507 g/mol. The molecule has 2 aliphatic heterocycles. The quantitative estimate of drug-likeness (QED) is 0.628. The van der Waals surface area contributed by atoms with E-state index in [0.29, 0.717) is 25.4 Å². The molecular weight excluding hydrogens is 469 g/mol. The van der Waals surface area contributed by atoms with Crippen molar-refractivity contribution in [2.75, 3.05) is 19.6 Å². The third-order valence-corrected chi connectivity index (χ3v) is 7.91. The lowest BCUT2D eigenvalue weighted by Crippen LogP contribution is -2.53. The summed E-state index contributed by atoms with van der Waals surface area (Å²) >= 11 is 0. The summed E-state index contributed by atoms with van der Waals surface area (Å²) in [7, 11) is 0. The van der Waals surface area contributed by atoms with E-state index in [-0.39, 0.29) is 36.6 Å². The molecule has 2 heterocycles. The largest absolute Gasteiger partial charge is 0.343 e. The van der Waals surface area contributed by atoms with Crippen LogP contribution < -0.4 is 5.32 Å². The molecule has 0 bridgehead atoms. The molecule has 0 saturated carbocycles. The number of carbonyl (C=O) groups is 3. The lowest BCUT2D eigenvalue weighted by molar-refractivity contribution is -0.146. The summed E-state index contributed by atoms with van der Waals surface area (Å²) in [6, 6.07) is 16.5. The average Bonchev–Trinajstić information content (AvgIpc) is 3.29. The second-order valence-corrected chi connectivity index (χ2v) is 10.9. The smallest absolute Gasteiger partial charge is 0.243 e. The zero-order chi connectivity index (χ0) is 26.7. The maximum atomic E-state index is 14.7. The van der Waals surface area contributed by atoms with Gasteiger partial charge in [-0.05, 0) is 34.9 Å². The minimum atomic E-state index is -1.26. The molecule has 2 fully saturated rings. The van der Waals surface area contributed by atoms with E-state index in [2.05, 4.69) is 31.3 Å². The molecule has 2 saturated heterocycles. The van der Waals surface area contributed by atoms with Crippen LogP contribution in [0.5, 0.6) is 0 Å². The molecule has 5 atom stereocenters. The molecule has 4 rings (SSSR count). The predicted molar refractivity (Wildman–Crippen MR) is 141 cm³/mol. The number of likely N-dealkylation sites (tertiary alicyclic amines) is 2. The Kier molecular flexibility index (Phi) is 8.30. The summed E-state index contributed by atoms with van der Waals surface area (Å²) in [5.74, 6) is -0.662. The van der Waals surface area contributed by atoms with Gasteiger partial charge in [0.25, 0.3) is 0 Å². The van der Waals surface area contributed by atoms with Gasteiger partial charge >= 0.3 is 0 Å². The van der Waals surface area contributed by atoms with Gasteiger partial charge in [0.1, 0.15) is 12.2 Å². The third-order valence-electron chi connectivity index (χ3n) is 7.91. The number of halogens is 1. The molecule has 0 spiro atoms. The number of carbonyl (C=O) groups excluding carboxylic acids is 3. The lowest BCUT2D eigenvalue weighted by atomic mass is 9.85. The van der Waals surface area contributed by atoms with Crippen LogP contribution in [0.25, 0.3) is 0 Å². The molecule has 3 amide bonds. The summed E-state index contributed by atoms with van der Waals surface area (Å²) in [5.41, 5.74) is 3.05. The van der Waals surface area contributed by atoms with Crippen molar-refractivity contribution in [1.82, 2.24) is 15.1 Å². The van der Waals surface area contributed by atoms with Gasteiger partial charge in [0.2, 0.25) is 17.7 Å². The minimum absolute atomic E-state index is 0.0249. The van der Waals surface area contributed by atoms with Gasteiger partial charge in [-0.1, -0.05) is 75.4 Å². The van der Waals surface area contributed by atoms with E-state index >= 15 is 0 Å². The molecule has 0 aromatic heterocycles. The molecule has 2 aliphatic rings. The second-order valence-electron chi connectivity index (χ2n) is 10.9. The molecular formula is C30H38FN3O3. The van der Waals surface area contributed by atoms with Gasteiger partial charge in [0, 0.05) is 26.4 Å². The minimum Gasteiger partial charge on any atom is -0.343 e. The van der Waals surface area contributed by atoms with Crippen molar-refractivity contribution in [3.05, 3.63) is 71.3 Å². The first kappa shape index (κ1) is 26.8. The Hall–Kier alpha value is -3.22. The van der Waals surface area contributed by atoms with E-state index in [1.807, 2.05) is 49.4 Å². The topological polar surface area (TPSA) is 69.7 Å². The summed E-state index contributed by atoms with van der Waals surface area (Å²) in [6.45, 7) is 8.58. The van der Waals surface area contributed by atoms with Gasteiger partial charge < -0.3 is 15.1 Å². The molecule has 1 N–H and O–H groups in total. The average molecular weight is 508 g/mol. The van der Waals surface area contributed by atoms with Crippen molar-refractivity contribution < 1.29 is 18.8 Å². The fraction of sp³-hybridized carbons (Fsp3) is 0.500. The number of nitrogens with zero attached hydrogens (tertiary/aromatic N) is 2. The Morgan fingerprint density at radius 2 is 1.57 bits per heavy atom. The highest BCUT2D eigenvalue weighted by atomic mass is 19.1. The van der Waals surface area contributed by atoms with Crippen LogP contribution in [-0.4, -0.2) is 59.4 Å². The molecule has 37 heavy (non-hydrogen) atoms. The number of nitrogens with one attached hydrogen (secondary N) is 1. The summed E-state index contributed by atoms with van der Waals surface area (Å²) in [5, 5.41) is 3.12. The van der Waals surface area contributed by atoms with Crippen LogP contribution in [0.1, 0.15) is 69.2 Å². The fourth-order valence-electron chi connectivity index (χ4n) is 5.48. The van der Waals surface area contributed by atoms with E-state index < -0.39 is 24.2 Å². The Balaban J connectivity index is 1.56. The number of benzene rings is 2. The van der Waals surface area contributed by atoms with Crippen LogP contribution in [0.4, 0.5) is 4.39 Å². The highest BCUT2D eigenvalue weighted by molar-refractivity contribution is 5.90. The summed E-state index contributed by atoms with van der Waals surface area (Å²) in [6.07, 6.45) is -0.575. The van der Waals surface area contributed by atoms with Crippen molar-refractivity contribution in [1.29, 1.82) is 0 Å². The van der Waals surface area contributed by atoms with E-state index in [9.17, 15) is 18.8 Å². The predicted octanol–water partition coefficient (Wildman–Crippen LogP) is 4.46. The van der Waals surface area contributed by atoms with Gasteiger partial charge in [0.05, 0.1) is 18.5 Å². The first-order chi connectivity index (χ1) is 17.7. The number of hydrogen-bond donors (Lipinski definition) is 1. The highest BCUT2D eigenvalue weighted by Gasteiger charge is 2.44. The zero-order valence-electron chi connectivity index (χ0n) is 22.2. The highest BCUT2D eigenvalue weighted by Crippen LogP contribution is 2.31. The van der Waals surface area contributed by atoms with E-state index in [4.69, 9.17) is 0 Å². The molecule has 0 radical (unpaired) electrons. The number of piperidine rings is 1. The van der Waals surface area contributed by atoms with E-state index in [0.717, 1.165) is 11.1 Å². The molecule has 7 heteroatoms. The Morgan fingerprint density at radius 3 is 2.19 bits per heavy atom. The Morgan fingerprint density at radius 1 is 0.946 bits per heavy atom. The van der Waals surface area contributed by atoms with Gasteiger partial charge in [-0.3, -0.25) is 14.4 Å². The van der Waals surface area contributed by atoms with Crippen LogP contribution in [0.3, 0.4) is 0 Å². The molecule has 198 valence electrons. The molecule has 2 aromatic carbocycles. The fourth-order valence-corrected chi connectivity index (χ4v) is 5.48. The van der Waals surface area contributed by atoms with Crippen molar-refractivity contribution in [3.8, 4) is 0 Å². The van der Waals surface area contributed by atoms with Crippen LogP contribution in [0, 0.1) is 11.8 Å². The lowest BCUT2D eigenvalue weighted by Gasteiger charge is -2.38. The van der Waals surface area contributed by atoms with Gasteiger partial charge in [-0.15, -0.1) is 0 Å². The van der Waals surface area contributed by atoms with Crippen molar-refractivity contribution in [2.24, 2.45) is 11.8 Å². The number of rotatable bonds is 6. The standard InChI is InChI=1S/C30H38FN3O3/c1-19(2)22-10-12-24(13-11-22)28(23-8-6-5-7-9-23)32-29(36)27-16-25(31)17-34(27)30(37)26-18-33(21(4)35)15-14-20(26)3/h5-13,19-20,25-28H,14-18H2,1-4H3,(H,32,36). The van der Waals surface area contributed by atoms with Gasteiger partial charge in [0.15, 0.2) is 0 Å². The van der Waals surface area contributed by atoms with Crippen LogP contribution in [0.2, 0.25) is 0 Å². The van der Waals surface area contributed by atoms with Gasteiger partial charge in [-0.25, -0.2) is 4.39 Å². The van der Waals surface area contributed by atoms with Crippen LogP contribution in [0.15, 0.2) is 54.6 Å². The van der Waals surface area contributed by atoms with E-state index in [1.54, 1.807) is 4.90 Å². The first-order valence-corrected chi connectivity index (χ1v) is 13.3. The van der Waals surface area contributed by atoms with E-state index in [1.165, 1.54) is 17.4 Å². The number of hydrogen-bond acceptors (Lipinski definition) is 3. The Labute approximate surface area is 219 Å². The second kappa shape index (κ2) is 11.4. The van der Waals surface area contributed by atoms with Gasteiger partial charge in [-0.2, -0.15) is 0 Å². The molecule has 5 unspecified atom stereocenters. The number of alkyl halides is 1. The third kappa shape index (κ3) is 6.03. The molecule has 2 aromatic rings. The molecule has 0 aliphatic carbocycles. The Bertz CT molecular complexity index is 1100. The van der Waals surface area contributed by atoms with Crippen molar-refractivity contribution >= 4 is 17.7 Å². The normalized spacial score (nSPS) is 24.7. The summed E-state index contributed by atoms with van der Waals surface area (Å²) in [4.78, 5) is 42.3. The SMILES string of the molecule is CC(=O)N1CCC(C)C(C(=O)N2CC(F)CC2C(=O)NC(c2ccccc2)c2ccc(C(C)C)cc2)C1. The zero-order valence-corrected chi connectivity index (χ0v) is 22.2. The maximum absolute atomic E-state index is 14.7. The summed E-state index contributed by atoms with van der Waals surface area (Å²) < 4.78 is 14.7. The van der Waals surface area contributed by atoms with Crippen molar-refractivity contribution in [2.45, 2.75) is 64.7 Å².